The summed E-state index contributed by atoms with van der Waals surface area (Å²) in [6.07, 6.45) is 1.60. The van der Waals surface area contributed by atoms with Gasteiger partial charge in [0.2, 0.25) is 11.8 Å². The van der Waals surface area contributed by atoms with Gasteiger partial charge in [0, 0.05) is 25.7 Å². The van der Waals surface area contributed by atoms with E-state index >= 15 is 0 Å². The second kappa shape index (κ2) is 8.73. The van der Waals surface area contributed by atoms with Crippen molar-refractivity contribution < 1.29 is 9.53 Å². The number of methoxy groups -OCH3 is 1. The molecule has 3 aromatic rings. The van der Waals surface area contributed by atoms with Gasteiger partial charge in [-0.25, -0.2) is 9.97 Å². The molecule has 160 valence electrons. The van der Waals surface area contributed by atoms with Gasteiger partial charge in [0.25, 0.3) is 0 Å². The summed E-state index contributed by atoms with van der Waals surface area (Å²) in [4.78, 5) is 24.6. The number of anilines is 2. The number of carbonyl (C=O) groups is 1. The van der Waals surface area contributed by atoms with E-state index in [2.05, 4.69) is 38.7 Å². The normalized spacial score (nSPS) is 18.2. The lowest BCUT2D eigenvalue weighted by atomic mass is 9.79. The van der Waals surface area contributed by atoms with Crippen LogP contribution in [0.4, 0.5) is 11.5 Å². The molecule has 7 heteroatoms. The van der Waals surface area contributed by atoms with Gasteiger partial charge in [0.05, 0.1) is 24.7 Å². The molecule has 0 fully saturated rings. The molecule has 3 heterocycles. The minimum Gasteiger partial charge on any atom is -0.481 e. The number of pyridine rings is 2. The van der Waals surface area contributed by atoms with Crippen molar-refractivity contribution in [2.45, 2.75) is 25.4 Å². The Morgan fingerprint density at radius 3 is 2.68 bits per heavy atom. The van der Waals surface area contributed by atoms with Gasteiger partial charge in [0.15, 0.2) is 0 Å². The van der Waals surface area contributed by atoms with Gasteiger partial charge in [-0.3, -0.25) is 4.79 Å². The van der Waals surface area contributed by atoms with E-state index in [9.17, 15) is 4.79 Å². The average Bonchev–Trinajstić information content (AvgIpc) is 2.79. The number of likely N-dealkylation sites (N-methyl/N-ethyl adjacent to an activating group) is 1. The molecule has 4 rings (SSSR count). The van der Waals surface area contributed by atoms with E-state index in [1.165, 1.54) is 5.56 Å². The predicted octanol–water partition coefficient (Wildman–Crippen LogP) is 3.44. The molecular weight excluding hydrogens is 390 g/mol. The quantitative estimate of drug-likeness (QED) is 0.640. The molecule has 2 N–H and O–H groups in total. The summed E-state index contributed by atoms with van der Waals surface area (Å²) >= 11 is 0. The summed E-state index contributed by atoms with van der Waals surface area (Å²) in [5.41, 5.74) is 2.87. The van der Waals surface area contributed by atoms with Gasteiger partial charge < -0.3 is 20.3 Å². The Balaban J connectivity index is 1.58. The Labute approximate surface area is 182 Å². The maximum atomic E-state index is 13.4. The SMILES string of the molecule is COc1ccc(NC(=O)C2(C)CN(C)Cc3ccc(NCc4ccccc4)nc32)cn1. The van der Waals surface area contributed by atoms with Crippen LogP contribution in [0.15, 0.2) is 60.8 Å². The van der Waals surface area contributed by atoms with Crippen LogP contribution in [0.5, 0.6) is 5.88 Å². The Kier molecular flexibility index (Phi) is 5.86. The minimum absolute atomic E-state index is 0.111. The van der Waals surface area contributed by atoms with E-state index in [1.54, 1.807) is 25.4 Å². The summed E-state index contributed by atoms with van der Waals surface area (Å²) in [6.45, 7) is 3.95. The van der Waals surface area contributed by atoms with E-state index in [4.69, 9.17) is 9.72 Å². The molecule has 0 radical (unpaired) electrons. The molecule has 2 aromatic heterocycles. The molecule has 1 amide bonds. The molecule has 1 aliphatic heterocycles. The van der Waals surface area contributed by atoms with Crippen LogP contribution < -0.4 is 15.4 Å². The molecule has 0 saturated carbocycles. The molecule has 0 aliphatic carbocycles. The minimum atomic E-state index is -0.799. The third-order valence-electron chi connectivity index (χ3n) is 5.55. The molecule has 1 aromatic carbocycles. The highest BCUT2D eigenvalue weighted by Crippen LogP contribution is 2.34. The smallest absolute Gasteiger partial charge is 0.237 e. The van der Waals surface area contributed by atoms with E-state index in [0.717, 1.165) is 23.6 Å². The zero-order valence-electron chi connectivity index (χ0n) is 18.1. The van der Waals surface area contributed by atoms with Crippen LogP contribution in [-0.2, 0) is 23.3 Å². The number of hydrogen-bond donors (Lipinski definition) is 2. The topological polar surface area (TPSA) is 79.4 Å². The fraction of sp³-hybridized carbons (Fsp3) is 0.292. The third-order valence-corrected chi connectivity index (χ3v) is 5.55. The van der Waals surface area contributed by atoms with Crippen LogP contribution in [0.3, 0.4) is 0 Å². The van der Waals surface area contributed by atoms with Crippen LogP contribution in [0, 0.1) is 0 Å². The molecule has 1 atom stereocenters. The summed E-state index contributed by atoms with van der Waals surface area (Å²) in [5.74, 6) is 1.15. The summed E-state index contributed by atoms with van der Waals surface area (Å²) in [7, 11) is 3.58. The van der Waals surface area contributed by atoms with Crippen molar-refractivity contribution in [3.05, 3.63) is 77.6 Å². The highest BCUT2D eigenvalue weighted by atomic mass is 16.5. The number of ether oxygens (including phenoxy) is 1. The van der Waals surface area contributed by atoms with E-state index in [0.29, 0.717) is 24.7 Å². The molecule has 0 spiro atoms. The third kappa shape index (κ3) is 4.51. The van der Waals surface area contributed by atoms with Gasteiger partial charge in [-0.05, 0) is 37.2 Å². The van der Waals surface area contributed by atoms with Crippen LogP contribution in [0.2, 0.25) is 0 Å². The average molecular weight is 418 g/mol. The summed E-state index contributed by atoms with van der Waals surface area (Å²) < 4.78 is 5.09. The van der Waals surface area contributed by atoms with Crippen molar-refractivity contribution >= 4 is 17.4 Å². The number of amides is 1. The first kappa shape index (κ1) is 20.8. The molecule has 0 bridgehead atoms. The van der Waals surface area contributed by atoms with E-state index in [1.807, 2.05) is 38.2 Å². The Morgan fingerprint density at radius 1 is 1.16 bits per heavy atom. The number of carbonyl (C=O) groups excluding carboxylic acids is 1. The zero-order chi connectivity index (χ0) is 21.8. The maximum Gasteiger partial charge on any atom is 0.237 e. The molecular formula is C24H27N5O2. The Morgan fingerprint density at radius 2 is 1.97 bits per heavy atom. The monoisotopic (exact) mass is 417 g/mol. The van der Waals surface area contributed by atoms with Gasteiger partial charge >= 0.3 is 0 Å². The van der Waals surface area contributed by atoms with Crippen molar-refractivity contribution in [2.24, 2.45) is 0 Å². The summed E-state index contributed by atoms with van der Waals surface area (Å²) in [6, 6.07) is 17.7. The van der Waals surface area contributed by atoms with Crippen molar-refractivity contribution in [3.8, 4) is 5.88 Å². The second-order valence-corrected chi connectivity index (χ2v) is 8.09. The number of nitrogens with one attached hydrogen (secondary N) is 2. The highest BCUT2D eigenvalue weighted by Gasteiger charge is 2.42. The van der Waals surface area contributed by atoms with Gasteiger partial charge in [-0.15, -0.1) is 0 Å². The van der Waals surface area contributed by atoms with Gasteiger partial charge in [-0.1, -0.05) is 36.4 Å². The van der Waals surface area contributed by atoms with E-state index in [-0.39, 0.29) is 5.91 Å². The number of benzene rings is 1. The molecule has 7 nitrogen and oxygen atoms in total. The molecule has 1 unspecified atom stereocenters. The zero-order valence-corrected chi connectivity index (χ0v) is 18.1. The number of fused-ring (bicyclic) bond motifs is 1. The number of nitrogens with zero attached hydrogens (tertiary/aromatic N) is 3. The lowest BCUT2D eigenvalue weighted by Gasteiger charge is -2.38. The van der Waals surface area contributed by atoms with Crippen molar-refractivity contribution in [2.75, 3.05) is 31.3 Å². The fourth-order valence-corrected chi connectivity index (χ4v) is 3.97. The first-order chi connectivity index (χ1) is 15.0. The highest BCUT2D eigenvalue weighted by molar-refractivity contribution is 5.99. The number of rotatable bonds is 6. The molecule has 0 saturated heterocycles. The predicted molar refractivity (Wildman–Crippen MR) is 121 cm³/mol. The Bertz CT molecular complexity index is 1060. The molecule has 31 heavy (non-hydrogen) atoms. The lowest BCUT2D eigenvalue weighted by Crippen LogP contribution is -2.50. The largest absolute Gasteiger partial charge is 0.481 e. The maximum absolute atomic E-state index is 13.4. The van der Waals surface area contributed by atoms with Crippen molar-refractivity contribution in [1.82, 2.24) is 14.9 Å². The van der Waals surface area contributed by atoms with Gasteiger partial charge in [-0.2, -0.15) is 0 Å². The van der Waals surface area contributed by atoms with Crippen LogP contribution >= 0.6 is 0 Å². The van der Waals surface area contributed by atoms with Crippen LogP contribution in [0.1, 0.15) is 23.7 Å². The standard InChI is InChI=1S/C24H27N5O2/c1-24(23(30)27-19-10-12-21(31-3)26-14-19)16-29(2)15-18-9-11-20(28-22(18)24)25-13-17-7-5-4-6-8-17/h4-12,14H,13,15-16H2,1-3H3,(H,25,28)(H,27,30). The van der Waals surface area contributed by atoms with Crippen LogP contribution in [0.25, 0.3) is 0 Å². The first-order valence-electron chi connectivity index (χ1n) is 10.3. The van der Waals surface area contributed by atoms with E-state index < -0.39 is 5.41 Å². The Hall–Kier alpha value is -3.45. The van der Waals surface area contributed by atoms with Gasteiger partial charge in [0.1, 0.15) is 11.2 Å². The lowest BCUT2D eigenvalue weighted by molar-refractivity contribution is -0.122. The van der Waals surface area contributed by atoms with Crippen molar-refractivity contribution in [3.63, 3.8) is 0 Å². The number of aromatic nitrogens is 2. The van der Waals surface area contributed by atoms with Crippen LogP contribution in [-0.4, -0.2) is 41.5 Å². The molecule has 1 aliphatic rings. The summed E-state index contributed by atoms with van der Waals surface area (Å²) in [5, 5.41) is 6.38. The van der Waals surface area contributed by atoms with Crippen molar-refractivity contribution in [1.29, 1.82) is 0 Å². The number of hydrogen-bond acceptors (Lipinski definition) is 6. The fourth-order valence-electron chi connectivity index (χ4n) is 3.97. The first-order valence-corrected chi connectivity index (χ1v) is 10.3. The second-order valence-electron chi connectivity index (χ2n) is 8.09.